The number of methoxy groups -OCH3 is 1. The van der Waals surface area contributed by atoms with Crippen LogP contribution in [0.3, 0.4) is 0 Å². The van der Waals surface area contributed by atoms with Gasteiger partial charge in [0.2, 0.25) is 26.0 Å². The summed E-state index contributed by atoms with van der Waals surface area (Å²) in [6.45, 7) is 4.04. The summed E-state index contributed by atoms with van der Waals surface area (Å²) < 4.78 is 58.8. The van der Waals surface area contributed by atoms with E-state index in [1.165, 1.54) is 38.3 Å². The summed E-state index contributed by atoms with van der Waals surface area (Å²) in [6, 6.07) is 4.74. The maximum absolute atomic E-state index is 12.6. The Balaban J connectivity index is 1.92. The van der Waals surface area contributed by atoms with Crippen molar-refractivity contribution < 1.29 is 26.4 Å². The van der Waals surface area contributed by atoms with E-state index in [9.17, 15) is 21.6 Å². The smallest absolute Gasteiger partial charge is 0.241 e. The average molecular weight is 448 g/mol. The third kappa shape index (κ3) is 6.66. The fraction of sp³-hybridized carbons (Fsp3) is 0.611. The highest BCUT2D eigenvalue weighted by molar-refractivity contribution is 7.89. The monoisotopic (exact) mass is 447 g/mol. The molecule has 1 saturated heterocycles. The summed E-state index contributed by atoms with van der Waals surface area (Å²) in [6.07, 6.45) is 1.53. The highest BCUT2D eigenvalue weighted by Gasteiger charge is 2.30. The summed E-state index contributed by atoms with van der Waals surface area (Å²) in [5.74, 6) is 0.276. The lowest BCUT2D eigenvalue weighted by atomic mass is 10.1. The first-order valence-electron chi connectivity index (χ1n) is 9.53. The minimum Gasteiger partial charge on any atom is -0.497 e. The molecule has 1 heterocycles. The molecule has 1 fully saturated rings. The number of rotatable bonds is 9. The SMILES string of the molecule is CCCS(=O)(=O)NC1CCN(C(=O)[C@H](C)NS(=O)(=O)c2ccc(OC)cc2)CC1. The van der Waals surface area contributed by atoms with Gasteiger partial charge in [-0.1, -0.05) is 6.92 Å². The Kier molecular flexibility index (Phi) is 8.03. The van der Waals surface area contributed by atoms with E-state index in [-0.39, 0.29) is 22.6 Å². The van der Waals surface area contributed by atoms with Crippen LogP contribution in [0, 0.1) is 0 Å². The lowest BCUT2D eigenvalue weighted by molar-refractivity contribution is -0.133. The maximum Gasteiger partial charge on any atom is 0.241 e. The Hall–Kier alpha value is -1.69. The highest BCUT2D eigenvalue weighted by atomic mass is 32.2. The number of piperidine rings is 1. The molecule has 11 heteroatoms. The largest absolute Gasteiger partial charge is 0.497 e. The maximum atomic E-state index is 12.6. The van der Waals surface area contributed by atoms with E-state index in [4.69, 9.17) is 4.74 Å². The molecule has 1 amide bonds. The van der Waals surface area contributed by atoms with Crippen LogP contribution in [0.1, 0.15) is 33.1 Å². The zero-order valence-corrected chi connectivity index (χ0v) is 18.6. The Morgan fingerprint density at radius 3 is 2.28 bits per heavy atom. The lowest BCUT2D eigenvalue weighted by Crippen LogP contribution is -2.52. The second kappa shape index (κ2) is 9.88. The molecule has 2 N–H and O–H groups in total. The van der Waals surface area contributed by atoms with Crippen LogP contribution >= 0.6 is 0 Å². The van der Waals surface area contributed by atoms with Gasteiger partial charge in [0.25, 0.3) is 0 Å². The number of carbonyl (C=O) groups excluding carboxylic acids is 1. The number of nitrogens with zero attached hydrogens (tertiary/aromatic N) is 1. The molecule has 0 saturated carbocycles. The van der Waals surface area contributed by atoms with Crippen LogP contribution < -0.4 is 14.2 Å². The van der Waals surface area contributed by atoms with Crippen LogP contribution in [0.4, 0.5) is 0 Å². The molecular formula is C18H29N3O6S2. The van der Waals surface area contributed by atoms with Gasteiger partial charge in [0, 0.05) is 19.1 Å². The summed E-state index contributed by atoms with van der Waals surface area (Å²) in [7, 11) is -5.67. The number of benzene rings is 1. The number of hydrogen-bond acceptors (Lipinski definition) is 6. The van der Waals surface area contributed by atoms with Crippen LogP contribution in [0.5, 0.6) is 5.75 Å². The van der Waals surface area contributed by atoms with E-state index in [1.54, 1.807) is 11.8 Å². The molecule has 0 spiro atoms. The highest BCUT2D eigenvalue weighted by Crippen LogP contribution is 2.17. The molecule has 9 nitrogen and oxygen atoms in total. The van der Waals surface area contributed by atoms with Crippen LogP contribution in [-0.2, 0) is 24.8 Å². The molecule has 1 aliphatic heterocycles. The van der Waals surface area contributed by atoms with E-state index in [1.807, 2.05) is 0 Å². The second-order valence-electron chi connectivity index (χ2n) is 7.05. The summed E-state index contributed by atoms with van der Waals surface area (Å²) in [4.78, 5) is 14.2. The van der Waals surface area contributed by atoms with Crippen molar-refractivity contribution in [3.05, 3.63) is 24.3 Å². The minimum absolute atomic E-state index is 0.0435. The first kappa shape index (κ1) is 23.6. The summed E-state index contributed by atoms with van der Waals surface area (Å²) in [5.41, 5.74) is 0. The van der Waals surface area contributed by atoms with Crippen LogP contribution in [0.25, 0.3) is 0 Å². The Morgan fingerprint density at radius 2 is 1.76 bits per heavy atom. The number of ether oxygens (including phenoxy) is 1. The fourth-order valence-electron chi connectivity index (χ4n) is 3.18. The quantitative estimate of drug-likeness (QED) is 0.574. The van der Waals surface area contributed by atoms with Gasteiger partial charge in [-0.3, -0.25) is 4.79 Å². The van der Waals surface area contributed by atoms with Crippen molar-refractivity contribution in [2.24, 2.45) is 0 Å². The Bertz CT molecular complexity index is 892. The molecule has 0 aromatic heterocycles. The third-order valence-electron chi connectivity index (χ3n) is 4.70. The molecule has 1 aromatic rings. The predicted molar refractivity (Wildman–Crippen MR) is 110 cm³/mol. The molecule has 0 unspecified atom stereocenters. The van der Waals surface area contributed by atoms with Gasteiger partial charge < -0.3 is 9.64 Å². The molecule has 0 aliphatic carbocycles. The molecule has 29 heavy (non-hydrogen) atoms. The molecule has 0 radical (unpaired) electrons. The molecule has 0 bridgehead atoms. The normalized spacial score (nSPS) is 17.1. The minimum atomic E-state index is -3.85. The van der Waals surface area contributed by atoms with E-state index in [0.717, 1.165) is 0 Å². The first-order chi connectivity index (χ1) is 13.6. The molecule has 2 rings (SSSR count). The number of hydrogen-bond donors (Lipinski definition) is 2. The zero-order valence-electron chi connectivity index (χ0n) is 16.9. The van der Waals surface area contributed by atoms with Crippen molar-refractivity contribution in [3.8, 4) is 5.75 Å². The van der Waals surface area contributed by atoms with E-state index in [0.29, 0.717) is 38.1 Å². The van der Waals surface area contributed by atoms with E-state index in [2.05, 4.69) is 9.44 Å². The average Bonchev–Trinajstić information content (AvgIpc) is 2.67. The van der Waals surface area contributed by atoms with Crippen LogP contribution in [-0.4, -0.2) is 65.7 Å². The fourth-order valence-corrected chi connectivity index (χ4v) is 5.77. The molecule has 164 valence electrons. The number of sulfonamides is 2. The second-order valence-corrected chi connectivity index (χ2v) is 10.6. The van der Waals surface area contributed by atoms with Crippen molar-refractivity contribution in [2.45, 2.75) is 50.1 Å². The zero-order chi connectivity index (χ0) is 21.7. The topological polar surface area (TPSA) is 122 Å². The molecule has 1 aliphatic rings. The van der Waals surface area contributed by atoms with Crippen molar-refractivity contribution in [1.82, 2.24) is 14.3 Å². The van der Waals surface area contributed by atoms with E-state index >= 15 is 0 Å². The lowest BCUT2D eigenvalue weighted by Gasteiger charge is -2.33. The number of carbonyl (C=O) groups is 1. The van der Waals surface area contributed by atoms with Gasteiger partial charge in [-0.05, 0) is 50.5 Å². The molecule has 1 atom stereocenters. The van der Waals surface area contributed by atoms with Crippen molar-refractivity contribution in [1.29, 1.82) is 0 Å². The Morgan fingerprint density at radius 1 is 1.17 bits per heavy atom. The van der Waals surface area contributed by atoms with Crippen molar-refractivity contribution in [3.63, 3.8) is 0 Å². The van der Waals surface area contributed by atoms with Gasteiger partial charge in [0.15, 0.2) is 0 Å². The van der Waals surface area contributed by atoms with Gasteiger partial charge in [0.1, 0.15) is 5.75 Å². The van der Waals surface area contributed by atoms with Gasteiger partial charge in [-0.2, -0.15) is 4.72 Å². The van der Waals surface area contributed by atoms with Gasteiger partial charge >= 0.3 is 0 Å². The number of nitrogens with one attached hydrogen (secondary N) is 2. The first-order valence-corrected chi connectivity index (χ1v) is 12.7. The summed E-state index contributed by atoms with van der Waals surface area (Å²) >= 11 is 0. The molecule has 1 aromatic carbocycles. The third-order valence-corrected chi connectivity index (χ3v) is 7.89. The Labute approximate surface area is 172 Å². The van der Waals surface area contributed by atoms with Gasteiger partial charge in [-0.15, -0.1) is 0 Å². The summed E-state index contributed by atoms with van der Waals surface area (Å²) in [5, 5.41) is 0. The predicted octanol–water partition coefficient (Wildman–Crippen LogP) is 0.682. The molecular weight excluding hydrogens is 418 g/mol. The van der Waals surface area contributed by atoms with Crippen molar-refractivity contribution >= 4 is 26.0 Å². The van der Waals surface area contributed by atoms with Crippen molar-refractivity contribution in [2.75, 3.05) is 26.0 Å². The van der Waals surface area contributed by atoms with Crippen LogP contribution in [0.2, 0.25) is 0 Å². The van der Waals surface area contributed by atoms with Gasteiger partial charge in [0.05, 0.1) is 23.8 Å². The number of likely N-dealkylation sites (tertiary alicyclic amines) is 1. The standard InChI is InChI=1S/C18H29N3O6S2/c1-4-13-28(23,24)20-15-9-11-21(12-10-15)18(22)14(2)19-29(25,26)17-7-5-16(27-3)6-8-17/h5-8,14-15,19-20H,4,9-13H2,1-3H3/t14-/m0/s1. The number of amides is 1. The van der Waals surface area contributed by atoms with Crippen LogP contribution in [0.15, 0.2) is 29.2 Å². The van der Waals surface area contributed by atoms with E-state index < -0.39 is 26.1 Å². The van der Waals surface area contributed by atoms with Gasteiger partial charge in [-0.25, -0.2) is 21.6 Å².